The van der Waals surface area contributed by atoms with E-state index in [9.17, 15) is 5.11 Å². The van der Waals surface area contributed by atoms with E-state index in [0.29, 0.717) is 31.8 Å². The topological polar surface area (TPSA) is 50.7 Å². The molecule has 0 amide bonds. The molecule has 2 N–H and O–H groups in total. The second-order valence-corrected chi connectivity index (χ2v) is 4.93. The molecule has 16 heavy (non-hydrogen) atoms. The van der Waals surface area contributed by atoms with Crippen LogP contribution in [-0.2, 0) is 9.47 Å². The molecule has 0 heterocycles. The third-order valence-electron chi connectivity index (χ3n) is 3.01. The SMILES string of the molecule is COCCOCC(CO)(NC(C)C)C1CC1. The van der Waals surface area contributed by atoms with Crippen molar-refractivity contribution in [3.63, 3.8) is 0 Å². The minimum atomic E-state index is -0.248. The van der Waals surface area contributed by atoms with Crippen LogP contribution in [0.4, 0.5) is 0 Å². The molecule has 0 aliphatic heterocycles. The molecule has 1 aliphatic rings. The van der Waals surface area contributed by atoms with Crippen LogP contribution in [0.2, 0.25) is 0 Å². The van der Waals surface area contributed by atoms with Gasteiger partial charge in [-0.1, -0.05) is 13.8 Å². The first-order valence-electron chi connectivity index (χ1n) is 6.10. The molecule has 1 aliphatic carbocycles. The Balaban J connectivity index is 2.41. The highest BCUT2D eigenvalue weighted by Gasteiger charge is 2.45. The van der Waals surface area contributed by atoms with E-state index in [1.807, 2.05) is 0 Å². The van der Waals surface area contributed by atoms with Crippen LogP contribution in [0.5, 0.6) is 0 Å². The molecule has 0 spiro atoms. The lowest BCUT2D eigenvalue weighted by molar-refractivity contribution is 0.000406. The van der Waals surface area contributed by atoms with E-state index in [1.54, 1.807) is 7.11 Å². The highest BCUT2D eigenvalue weighted by atomic mass is 16.5. The number of aliphatic hydroxyl groups is 1. The summed E-state index contributed by atoms with van der Waals surface area (Å²) in [6.45, 7) is 6.10. The third kappa shape index (κ3) is 4.01. The Labute approximate surface area is 98.3 Å². The maximum absolute atomic E-state index is 9.62. The molecule has 96 valence electrons. The normalized spacial score (nSPS) is 20.1. The highest BCUT2D eigenvalue weighted by Crippen LogP contribution is 2.40. The summed E-state index contributed by atoms with van der Waals surface area (Å²) in [4.78, 5) is 0. The largest absolute Gasteiger partial charge is 0.394 e. The number of rotatable bonds is 9. The van der Waals surface area contributed by atoms with Gasteiger partial charge in [-0.3, -0.25) is 0 Å². The zero-order valence-corrected chi connectivity index (χ0v) is 10.7. The first kappa shape index (κ1) is 13.9. The van der Waals surface area contributed by atoms with Gasteiger partial charge < -0.3 is 19.9 Å². The first-order chi connectivity index (χ1) is 7.64. The van der Waals surface area contributed by atoms with Gasteiger partial charge in [0.05, 0.1) is 32.0 Å². The van der Waals surface area contributed by atoms with E-state index in [4.69, 9.17) is 9.47 Å². The molecule has 1 saturated carbocycles. The molecule has 0 radical (unpaired) electrons. The van der Waals surface area contributed by atoms with E-state index < -0.39 is 0 Å². The summed E-state index contributed by atoms with van der Waals surface area (Å²) in [5.41, 5.74) is -0.248. The molecule has 0 aromatic carbocycles. The number of nitrogens with one attached hydrogen (secondary N) is 1. The van der Waals surface area contributed by atoms with Gasteiger partial charge in [0, 0.05) is 13.2 Å². The van der Waals surface area contributed by atoms with E-state index in [1.165, 1.54) is 12.8 Å². The Morgan fingerprint density at radius 3 is 2.50 bits per heavy atom. The smallest absolute Gasteiger partial charge is 0.0701 e. The van der Waals surface area contributed by atoms with Crippen molar-refractivity contribution < 1.29 is 14.6 Å². The Morgan fingerprint density at radius 1 is 1.38 bits per heavy atom. The molecule has 0 aromatic heterocycles. The van der Waals surface area contributed by atoms with Crippen LogP contribution in [0, 0.1) is 5.92 Å². The van der Waals surface area contributed by atoms with Crippen LogP contribution in [0.15, 0.2) is 0 Å². The van der Waals surface area contributed by atoms with Crippen LogP contribution in [0.3, 0.4) is 0 Å². The second-order valence-electron chi connectivity index (χ2n) is 4.93. The number of hydrogen-bond acceptors (Lipinski definition) is 4. The minimum absolute atomic E-state index is 0.142. The van der Waals surface area contributed by atoms with Crippen LogP contribution in [0.25, 0.3) is 0 Å². The lowest BCUT2D eigenvalue weighted by atomic mass is 9.94. The average molecular weight is 231 g/mol. The van der Waals surface area contributed by atoms with Crippen LogP contribution in [-0.4, -0.2) is 50.2 Å². The van der Waals surface area contributed by atoms with Gasteiger partial charge >= 0.3 is 0 Å². The van der Waals surface area contributed by atoms with Gasteiger partial charge in [-0.25, -0.2) is 0 Å². The summed E-state index contributed by atoms with van der Waals surface area (Å²) in [7, 11) is 1.66. The lowest BCUT2D eigenvalue weighted by Gasteiger charge is -2.35. The van der Waals surface area contributed by atoms with Gasteiger partial charge in [0.25, 0.3) is 0 Å². The van der Waals surface area contributed by atoms with Gasteiger partial charge in [-0.2, -0.15) is 0 Å². The van der Waals surface area contributed by atoms with Gasteiger partial charge in [0.2, 0.25) is 0 Å². The second kappa shape index (κ2) is 6.55. The van der Waals surface area contributed by atoms with Crippen molar-refractivity contribution in [3.8, 4) is 0 Å². The van der Waals surface area contributed by atoms with E-state index >= 15 is 0 Å². The Kier molecular flexibility index (Phi) is 5.69. The summed E-state index contributed by atoms with van der Waals surface area (Å²) in [6, 6.07) is 0.360. The monoisotopic (exact) mass is 231 g/mol. The highest BCUT2D eigenvalue weighted by molar-refractivity contribution is 5.01. The fourth-order valence-corrected chi connectivity index (χ4v) is 2.11. The zero-order valence-electron chi connectivity index (χ0n) is 10.7. The number of aliphatic hydroxyl groups excluding tert-OH is 1. The third-order valence-corrected chi connectivity index (χ3v) is 3.01. The van der Waals surface area contributed by atoms with Crippen molar-refractivity contribution in [2.24, 2.45) is 5.92 Å². The quantitative estimate of drug-likeness (QED) is 0.576. The Morgan fingerprint density at radius 2 is 2.06 bits per heavy atom. The molecule has 0 bridgehead atoms. The first-order valence-corrected chi connectivity index (χ1v) is 6.10. The predicted octanol–water partition coefficient (Wildman–Crippen LogP) is 0.788. The van der Waals surface area contributed by atoms with Crippen molar-refractivity contribution in [1.82, 2.24) is 5.32 Å². The Hall–Kier alpha value is -0.160. The van der Waals surface area contributed by atoms with Crippen molar-refractivity contribution in [2.45, 2.75) is 38.3 Å². The molecule has 4 heteroatoms. The van der Waals surface area contributed by atoms with Crippen molar-refractivity contribution >= 4 is 0 Å². The molecular formula is C12H25NO3. The minimum Gasteiger partial charge on any atom is -0.394 e. The van der Waals surface area contributed by atoms with Crippen LogP contribution < -0.4 is 5.32 Å². The van der Waals surface area contributed by atoms with E-state index in [0.717, 1.165) is 0 Å². The zero-order chi connectivity index (χ0) is 12.0. The Bertz CT molecular complexity index is 195. The van der Waals surface area contributed by atoms with Gasteiger partial charge in [-0.05, 0) is 18.8 Å². The fourth-order valence-electron chi connectivity index (χ4n) is 2.11. The molecule has 1 atom stereocenters. The van der Waals surface area contributed by atoms with Crippen LogP contribution in [0.1, 0.15) is 26.7 Å². The standard InChI is InChI=1S/C12H25NO3/c1-10(2)13-12(8-14,11-4-5-11)9-16-7-6-15-3/h10-11,13-14H,4-9H2,1-3H3. The summed E-state index contributed by atoms with van der Waals surface area (Å²) >= 11 is 0. The summed E-state index contributed by atoms with van der Waals surface area (Å²) < 4.78 is 10.5. The van der Waals surface area contributed by atoms with Gasteiger partial charge in [-0.15, -0.1) is 0 Å². The number of methoxy groups -OCH3 is 1. The summed E-state index contributed by atoms with van der Waals surface area (Å²) in [5, 5.41) is 13.1. The van der Waals surface area contributed by atoms with Gasteiger partial charge in [0.15, 0.2) is 0 Å². The molecule has 4 nitrogen and oxygen atoms in total. The van der Waals surface area contributed by atoms with Crippen molar-refractivity contribution in [2.75, 3.05) is 33.5 Å². The predicted molar refractivity (Wildman–Crippen MR) is 63.5 cm³/mol. The molecule has 1 unspecified atom stereocenters. The maximum Gasteiger partial charge on any atom is 0.0701 e. The number of hydrogen-bond donors (Lipinski definition) is 2. The maximum atomic E-state index is 9.62. The van der Waals surface area contributed by atoms with Crippen molar-refractivity contribution in [3.05, 3.63) is 0 Å². The summed E-state index contributed by atoms with van der Waals surface area (Å²) in [5.74, 6) is 0.558. The molecule has 1 rings (SSSR count). The lowest BCUT2D eigenvalue weighted by Crippen LogP contribution is -2.56. The number of ether oxygens (including phenoxy) is 2. The average Bonchev–Trinajstić information content (AvgIpc) is 3.06. The van der Waals surface area contributed by atoms with Gasteiger partial charge in [0.1, 0.15) is 0 Å². The fraction of sp³-hybridized carbons (Fsp3) is 1.00. The molecular weight excluding hydrogens is 206 g/mol. The molecule has 0 saturated heterocycles. The van der Waals surface area contributed by atoms with E-state index in [-0.39, 0.29) is 12.1 Å². The summed E-state index contributed by atoms with van der Waals surface area (Å²) in [6.07, 6.45) is 2.38. The van der Waals surface area contributed by atoms with Crippen molar-refractivity contribution in [1.29, 1.82) is 0 Å². The molecule has 1 fully saturated rings. The molecule has 0 aromatic rings. The van der Waals surface area contributed by atoms with Crippen LogP contribution >= 0.6 is 0 Å². The van der Waals surface area contributed by atoms with E-state index in [2.05, 4.69) is 19.2 Å².